The average Bonchev–Trinajstić information content (AvgIpc) is 2.10. The Morgan fingerprint density at radius 3 is 2.19 bits per heavy atom. The smallest absolute Gasteiger partial charge is 0.0634 e. The van der Waals surface area contributed by atoms with Crippen molar-refractivity contribution in [2.45, 2.75) is 58.4 Å². The van der Waals surface area contributed by atoms with Gasteiger partial charge >= 0.3 is 0 Å². The van der Waals surface area contributed by atoms with Crippen LogP contribution in [0.5, 0.6) is 0 Å². The van der Waals surface area contributed by atoms with Crippen LogP contribution in [-0.4, -0.2) is 31.2 Å². The minimum absolute atomic E-state index is 0.0428. The fraction of sp³-hybridized carbons (Fsp3) is 1.00. The Bertz CT molecular complexity index is 187. The highest BCUT2D eigenvalue weighted by atomic mass is 35.5. The van der Waals surface area contributed by atoms with Gasteiger partial charge in [-0.3, -0.25) is 0 Å². The molecule has 0 heterocycles. The van der Waals surface area contributed by atoms with Crippen molar-refractivity contribution in [1.29, 1.82) is 0 Å². The number of ether oxygens (including phenoxy) is 1. The van der Waals surface area contributed by atoms with Crippen molar-refractivity contribution < 1.29 is 4.74 Å². The molecule has 0 rings (SSSR count). The quantitative estimate of drug-likeness (QED) is 0.551. The van der Waals surface area contributed by atoms with Crippen LogP contribution in [0.2, 0.25) is 0 Å². The predicted octanol–water partition coefficient (Wildman–Crippen LogP) is 3.43. The Kier molecular flexibility index (Phi) is 6.92. The molecule has 0 radical (unpaired) electrons. The van der Waals surface area contributed by atoms with Crippen LogP contribution < -0.4 is 5.32 Å². The molecule has 1 unspecified atom stereocenters. The SMILES string of the molecule is COC(C)(C)CCNCC(Cl)CC(C)(C)C. The van der Waals surface area contributed by atoms with Crippen molar-refractivity contribution in [3.05, 3.63) is 0 Å². The highest BCUT2D eigenvalue weighted by molar-refractivity contribution is 6.20. The van der Waals surface area contributed by atoms with E-state index < -0.39 is 0 Å². The normalized spacial score (nSPS) is 15.2. The maximum absolute atomic E-state index is 6.26. The fourth-order valence-electron chi connectivity index (χ4n) is 1.49. The second-order valence-corrected chi connectivity index (χ2v) is 6.90. The lowest BCUT2D eigenvalue weighted by Gasteiger charge is -2.24. The van der Waals surface area contributed by atoms with E-state index in [1.165, 1.54) is 0 Å². The fourth-order valence-corrected chi connectivity index (χ4v) is 2.06. The number of hydrogen-bond acceptors (Lipinski definition) is 2. The van der Waals surface area contributed by atoms with E-state index in [2.05, 4.69) is 39.9 Å². The summed E-state index contributed by atoms with van der Waals surface area (Å²) in [5.74, 6) is 0. The first-order valence-electron chi connectivity index (χ1n) is 6.06. The van der Waals surface area contributed by atoms with Crippen molar-refractivity contribution in [3.8, 4) is 0 Å². The van der Waals surface area contributed by atoms with Gasteiger partial charge in [0.2, 0.25) is 0 Å². The number of rotatable bonds is 7. The zero-order valence-corrected chi connectivity index (χ0v) is 12.4. The molecule has 0 aromatic rings. The van der Waals surface area contributed by atoms with E-state index in [0.717, 1.165) is 25.9 Å². The van der Waals surface area contributed by atoms with Gasteiger partial charge in [0.15, 0.2) is 0 Å². The van der Waals surface area contributed by atoms with E-state index in [1.54, 1.807) is 7.11 Å². The molecule has 0 bridgehead atoms. The van der Waals surface area contributed by atoms with Crippen molar-refractivity contribution >= 4 is 11.6 Å². The highest BCUT2D eigenvalue weighted by Gasteiger charge is 2.18. The maximum atomic E-state index is 6.26. The summed E-state index contributed by atoms with van der Waals surface area (Å²) in [6.07, 6.45) is 2.04. The van der Waals surface area contributed by atoms with Gasteiger partial charge in [-0.1, -0.05) is 20.8 Å². The first-order valence-corrected chi connectivity index (χ1v) is 6.50. The first-order chi connectivity index (χ1) is 7.16. The molecule has 98 valence electrons. The number of methoxy groups -OCH3 is 1. The average molecular weight is 250 g/mol. The van der Waals surface area contributed by atoms with Crippen molar-refractivity contribution in [3.63, 3.8) is 0 Å². The molecule has 0 saturated heterocycles. The van der Waals surface area contributed by atoms with Crippen LogP contribution in [-0.2, 0) is 4.74 Å². The van der Waals surface area contributed by atoms with Crippen LogP contribution in [0.25, 0.3) is 0 Å². The van der Waals surface area contributed by atoms with E-state index in [4.69, 9.17) is 16.3 Å². The Hall–Kier alpha value is 0.210. The van der Waals surface area contributed by atoms with Gasteiger partial charge < -0.3 is 10.1 Å². The standard InChI is InChI=1S/C13H28ClNO/c1-12(2,3)9-11(14)10-15-8-7-13(4,5)16-6/h11,15H,7-10H2,1-6H3. The third-order valence-electron chi connectivity index (χ3n) is 2.66. The van der Waals surface area contributed by atoms with E-state index in [0.29, 0.717) is 5.41 Å². The largest absolute Gasteiger partial charge is 0.379 e. The molecule has 0 amide bonds. The van der Waals surface area contributed by atoms with Gasteiger partial charge in [-0.25, -0.2) is 0 Å². The third-order valence-corrected chi connectivity index (χ3v) is 2.96. The monoisotopic (exact) mass is 249 g/mol. The molecule has 0 aromatic carbocycles. The summed E-state index contributed by atoms with van der Waals surface area (Å²) in [6, 6.07) is 0. The Labute approximate surface area is 106 Å². The van der Waals surface area contributed by atoms with Crippen LogP contribution in [0, 0.1) is 5.41 Å². The third kappa shape index (κ3) is 9.44. The minimum atomic E-state index is -0.0428. The maximum Gasteiger partial charge on any atom is 0.0634 e. The van der Waals surface area contributed by atoms with Crippen molar-refractivity contribution in [1.82, 2.24) is 5.32 Å². The molecule has 0 aliphatic carbocycles. The van der Waals surface area contributed by atoms with E-state index in [-0.39, 0.29) is 11.0 Å². The summed E-state index contributed by atoms with van der Waals surface area (Å²) >= 11 is 6.26. The molecule has 0 aromatic heterocycles. The molecule has 0 aliphatic rings. The molecule has 0 spiro atoms. The molecule has 1 N–H and O–H groups in total. The van der Waals surface area contributed by atoms with E-state index >= 15 is 0 Å². The molecule has 3 heteroatoms. The second kappa shape index (κ2) is 6.83. The molecular formula is C13H28ClNO. The zero-order chi connectivity index (χ0) is 12.8. The molecule has 0 saturated carbocycles. The molecular weight excluding hydrogens is 222 g/mol. The second-order valence-electron chi connectivity index (χ2n) is 6.28. The van der Waals surface area contributed by atoms with Crippen LogP contribution in [0.4, 0.5) is 0 Å². The highest BCUT2D eigenvalue weighted by Crippen LogP contribution is 2.23. The van der Waals surface area contributed by atoms with Crippen molar-refractivity contribution in [2.75, 3.05) is 20.2 Å². The van der Waals surface area contributed by atoms with E-state index in [9.17, 15) is 0 Å². The van der Waals surface area contributed by atoms with Gasteiger partial charge in [0, 0.05) is 19.0 Å². The topological polar surface area (TPSA) is 21.3 Å². The number of hydrogen-bond donors (Lipinski definition) is 1. The summed E-state index contributed by atoms with van der Waals surface area (Å²) in [6.45, 7) is 12.7. The Balaban J connectivity index is 3.60. The van der Waals surface area contributed by atoms with Crippen LogP contribution in [0.3, 0.4) is 0 Å². The Morgan fingerprint density at radius 2 is 1.75 bits per heavy atom. The Morgan fingerprint density at radius 1 is 1.19 bits per heavy atom. The number of nitrogens with one attached hydrogen (secondary N) is 1. The van der Waals surface area contributed by atoms with Gasteiger partial charge in [-0.05, 0) is 38.6 Å². The molecule has 16 heavy (non-hydrogen) atoms. The molecule has 1 atom stereocenters. The van der Waals surface area contributed by atoms with Gasteiger partial charge in [0.25, 0.3) is 0 Å². The lowest BCUT2D eigenvalue weighted by molar-refractivity contribution is 0.0159. The first kappa shape index (κ1) is 16.2. The summed E-state index contributed by atoms with van der Waals surface area (Å²) < 4.78 is 5.35. The van der Waals surface area contributed by atoms with Crippen LogP contribution in [0.15, 0.2) is 0 Å². The molecule has 0 aliphatic heterocycles. The zero-order valence-electron chi connectivity index (χ0n) is 11.7. The summed E-state index contributed by atoms with van der Waals surface area (Å²) in [5, 5.41) is 3.60. The van der Waals surface area contributed by atoms with Gasteiger partial charge in [-0.2, -0.15) is 0 Å². The lowest BCUT2D eigenvalue weighted by atomic mass is 9.90. The number of alkyl halides is 1. The summed E-state index contributed by atoms with van der Waals surface area (Å²) in [7, 11) is 1.75. The predicted molar refractivity (Wildman–Crippen MR) is 72.3 cm³/mol. The number of halogens is 1. The summed E-state index contributed by atoms with van der Waals surface area (Å²) in [5.41, 5.74) is 0.263. The lowest BCUT2D eigenvalue weighted by Crippen LogP contribution is -2.32. The van der Waals surface area contributed by atoms with Gasteiger partial charge in [0.1, 0.15) is 0 Å². The summed E-state index contributed by atoms with van der Waals surface area (Å²) in [4.78, 5) is 0. The van der Waals surface area contributed by atoms with E-state index in [1.807, 2.05) is 0 Å². The molecule has 0 fully saturated rings. The minimum Gasteiger partial charge on any atom is -0.379 e. The van der Waals surface area contributed by atoms with Crippen molar-refractivity contribution in [2.24, 2.45) is 5.41 Å². The molecule has 2 nitrogen and oxygen atoms in total. The van der Waals surface area contributed by atoms with Gasteiger partial charge in [-0.15, -0.1) is 11.6 Å². The van der Waals surface area contributed by atoms with Gasteiger partial charge in [0.05, 0.1) is 5.60 Å². The van der Waals surface area contributed by atoms with Crippen LogP contribution >= 0.6 is 11.6 Å². The van der Waals surface area contributed by atoms with Crippen LogP contribution in [0.1, 0.15) is 47.5 Å².